The molecule has 2 aromatic rings. The minimum atomic E-state index is -0.188. The zero-order valence-corrected chi connectivity index (χ0v) is 14.7. The van der Waals surface area contributed by atoms with Crippen molar-refractivity contribution in [3.05, 3.63) is 57.0 Å². The predicted octanol–water partition coefficient (Wildman–Crippen LogP) is 4.79. The fraction of sp³-hybridized carbons (Fsp3) is 0.188. The first-order valence-corrected chi connectivity index (χ1v) is 8.14. The Kier molecular flexibility index (Phi) is 5.82. The van der Waals surface area contributed by atoms with Crippen LogP contribution in [0.15, 0.2) is 51.4 Å². The van der Waals surface area contributed by atoms with Crippen LogP contribution in [0.1, 0.15) is 12.5 Å². The smallest absolute Gasteiger partial charge is 0.262 e. The lowest BCUT2D eigenvalue weighted by molar-refractivity contribution is -0.118. The molecule has 1 amide bonds. The van der Waals surface area contributed by atoms with E-state index in [1.807, 2.05) is 42.5 Å². The zero-order chi connectivity index (χ0) is 15.2. The Morgan fingerprint density at radius 1 is 1.19 bits per heavy atom. The van der Waals surface area contributed by atoms with Crippen LogP contribution in [0.2, 0.25) is 0 Å². The molecule has 0 radical (unpaired) electrons. The van der Waals surface area contributed by atoms with Crippen LogP contribution in [-0.2, 0) is 11.2 Å². The molecule has 21 heavy (non-hydrogen) atoms. The maximum atomic E-state index is 11.9. The predicted molar refractivity (Wildman–Crippen MR) is 91.8 cm³/mol. The van der Waals surface area contributed by atoms with Crippen molar-refractivity contribution in [1.29, 1.82) is 0 Å². The lowest BCUT2D eigenvalue weighted by atomic mass is 10.1. The summed E-state index contributed by atoms with van der Waals surface area (Å²) in [6, 6.07) is 13.2. The first kappa shape index (κ1) is 16.0. The number of carbonyl (C=O) groups is 1. The van der Waals surface area contributed by atoms with E-state index in [9.17, 15) is 4.79 Å². The number of amides is 1. The summed E-state index contributed by atoms with van der Waals surface area (Å²) in [6.45, 7) is 2.03. The van der Waals surface area contributed by atoms with Crippen LogP contribution >= 0.6 is 31.9 Å². The molecule has 3 nitrogen and oxygen atoms in total. The van der Waals surface area contributed by atoms with Crippen LogP contribution in [0.3, 0.4) is 0 Å². The normalized spacial score (nSPS) is 10.2. The van der Waals surface area contributed by atoms with Crippen LogP contribution in [-0.4, -0.2) is 12.5 Å². The molecule has 110 valence electrons. The van der Waals surface area contributed by atoms with Crippen molar-refractivity contribution >= 4 is 43.5 Å². The summed E-state index contributed by atoms with van der Waals surface area (Å²) in [6.07, 6.45) is 0.848. The second kappa shape index (κ2) is 7.61. The van der Waals surface area contributed by atoms with Crippen LogP contribution < -0.4 is 10.1 Å². The van der Waals surface area contributed by atoms with Crippen molar-refractivity contribution in [2.75, 3.05) is 11.9 Å². The summed E-state index contributed by atoms with van der Waals surface area (Å²) in [4.78, 5) is 11.9. The van der Waals surface area contributed by atoms with Gasteiger partial charge >= 0.3 is 0 Å². The zero-order valence-electron chi connectivity index (χ0n) is 11.5. The van der Waals surface area contributed by atoms with Crippen molar-refractivity contribution in [3.8, 4) is 5.75 Å². The Balaban J connectivity index is 1.97. The summed E-state index contributed by atoms with van der Waals surface area (Å²) in [7, 11) is 0. The average molecular weight is 413 g/mol. The first-order valence-electron chi connectivity index (χ1n) is 6.55. The molecule has 0 heterocycles. The van der Waals surface area contributed by atoms with E-state index in [-0.39, 0.29) is 12.5 Å². The van der Waals surface area contributed by atoms with Gasteiger partial charge in [-0.1, -0.05) is 35.0 Å². The number of hydrogen-bond donors (Lipinski definition) is 1. The maximum Gasteiger partial charge on any atom is 0.262 e. The van der Waals surface area contributed by atoms with Crippen molar-refractivity contribution in [1.82, 2.24) is 0 Å². The molecule has 0 unspecified atom stereocenters. The van der Waals surface area contributed by atoms with E-state index in [4.69, 9.17) is 4.74 Å². The third-order valence-corrected chi connectivity index (χ3v) is 4.09. The number of benzene rings is 2. The molecule has 0 aromatic heterocycles. The Hall–Kier alpha value is -1.33. The van der Waals surface area contributed by atoms with E-state index in [1.54, 1.807) is 0 Å². The fourth-order valence-electron chi connectivity index (χ4n) is 1.86. The van der Waals surface area contributed by atoms with E-state index in [0.29, 0.717) is 0 Å². The van der Waals surface area contributed by atoms with Crippen LogP contribution in [0.5, 0.6) is 5.75 Å². The molecule has 0 spiro atoms. The summed E-state index contributed by atoms with van der Waals surface area (Å²) in [5, 5.41) is 2.81. The van der Waals surface area contributed by atoms with Crippen molar-refractivity contribution in [2.45, 2.75) is 13.3 Å². The summed E-state index contributed by atoms with van der Waals surface area (Å²) >= 11 is 6.82. The highest BCUT2D eigenvalue weighted by molar-refractivity contribution is 9.10. The SMILES string of the molecule is CCc1cc(Br)ccc1OCC(=O)Nc1ccccc1Br. The minimum Gasteiger partial charge on any atom is -0.483 e. The van der Waals surface area contributed by atoms with Gasteiger partial charge in [-0.05, 0) is 58.2 Å². The van der Waals surface area contributed by atoms with E-state index in [2.05, 4.69) is 44.1 Å². The van der Waals surface area contributed by atoms with E-state index in [1.165, 1.54) is 0 Å². The van der Waals surface area contributed by atoms with Gasteiger partial charge in [0.2, 0.25) is 0 Å². The van der Waals surface area contributed by atoms with E-state index < -0.39 is 0 Å². The molecule has 1 N–H and O–H groups in total. The van der Waals surface area contributed by atoms with E-state index in [0.717, 1.165) is 32.4 Å². The van der Waals surface area contributed by atoms with Gasteiger partial charge in [-0.2, -0.15) is 0 Å². The largest absolute Gasteiger partial charge is 0.483 e. The number of hydrogen-bond acceptors (Lipinski definition) is 2. The third-order valence-electron chi connectivity index (χ3n) is 2.91. The molecule has 0 aliphatic heterocycles. The van der Waals surface area contributed by atoms with Gasteiger partial charge in [0.1, 0.15) is 5.75 Å². The van der Waals surface area contributed by atoms with Gasteiger partial charge in [-0.15, -0.1) is 0 Å². The van der Waals surface area contributed by atoms with Crippen LogP contribution in [0, 0.1) is 0 Å². The maximum absolute atomic E-state index is 11.9. The lowest BCUT2D eigenvalue weighted by Crippen LogP contribution is -2.20. The number of para-hydroxylation sites is 1. The van der Waals surface area contributed by atoms with Crippen LogP contribution in [0.4, 0.5) is 5.69 Å². The van der Waals surface area contributed by atoms with Gasteiger partial charge < -0.3 is 10.1 Å². The summed E-state index contributed by atoms with van der Waals surface area (Å²) in [5.41, 5.74) is 1.80. The summed E-state index contributed by atoms with van der Waals surface area (Å²) < 4.78 is 7.46. The van der Waals surface area contributed by atoms with Gasteiger partial charge in [0, 0.05) is 8.95 Å². The third kappa shape index (κ3) is 4.58. The Bertz CT molecular complexity index is 644. The minimum absolute atomic E-state index is 0.0179. The molecular weight excluding hydrogens is 398 g/mol. The second-order valence-corrected chi connectivity index (χ2v) is 6.19. The number of anilines is 1. The van der Waals surface area contributed by atoms with Gasteiger partial charge in [0.25, 0.3) is 5.91 Å². The standard InChI is InChI=1S/C16H15Br2NO2/c1-2-11-9-12(17)7-8-15(11)21-10-16(20)19-14-6-4-3-5-13(14)18/h3-9H,2,10H2,1H3,(H,19,20). The molecule has 5 heteroatoms. The van der Waals surface area contributed by atoms with Crippen molar-refractivity contribution in [3.63, 3.8) is 0 Å². The fourth-order valence-corrected chi connectivity index (χ4v) is 2.65. The van der Waals surface area contributed by atoms with Gasteiger partial charge in [-0.3, -0.25) is 4.79 Å². The highest BCUT2D eigenvalue weighted by atomic mass is 79.9. The molecule has 2 aromatic carbocycles. The Labute approximate surface area is 141 Å². The monoisotopic (exact) mass is 411 g/mol. The number of halogens is 2. The number of carbonyl (C=O) groups excluding carboxylic acids is 1. The molecule has 0 fully saturated rings. The summed E-state index contributed by atoms with van der Waals surface area (Å²) in [5.74, 6) is 0.551. The number of nitrogens with one attached hydrogen (secondary N) is 1. The number of aryl methyl sites for hydroxylation is 1. The highest BCUT2D eigenvalue weighted by Crippen LogP contribution is 2.24. The van der Waals surface area contributed by atoms with E-state index >= 15 is 0 Å². The Morgan fingerprint density at radius 2 is 1.95 bits per heavy atom. The lowest BCUT2D eigenvalue weighted by Gasteiger charge is -2.11. The first-order chi connectivity index (χ1) is 10.1. The number of rotatable bonds is 5. The highest BCUT2D eigenvalue weighted by Gasteiger charge is 2.08. The van der Waals surface area contributed by atoms with Crippen molar-refractivity contribution < 1.29 is 9.53 Å². The molecule has 0 bridgehead atoms. The Morgan fingerprint density at radius 3 is 2.67 bits per heavy atom. The average Bonchev–Trinajstić information content (AvgIpc) is 2.48. The molecule has 0 saturated heterocycles. The van der Waals surface area contributed by atoms with Crippen LogP contribution in [0.25, 0.3) is 0 Å². The van der Waals surface area contributed by atoms with Gasteiger partial charge in [0.15, 0.2) is 6.61 Å². The molecule has 0 aliphatic carbocycles. The molecule has 0 atom stereocenters. The molecule has 0 aliphatic rings. The molecular formula is C16H15Br2NO2. The van der Waals surface area contributed by atoms with Crippen molar-refractivity contribution in [2.24, 2.45) is 0 Å². The quantitative estimate of drug-likeness (QED) is 0.766. The molecule has 2 rings (SSSR count). The van der Waals surface area contributed by atoms with Gasteiger partial charge in [0.05, 0.1) is 5.69 Å². The number of ether oxygens (including phenoxy) is 1. The topological polar surface area (TPSA) is 38.3 Å². The second-order valence-electron chi connectivity index (χ2n) is 4.42. The van der Waals surface area contributed by atoms with Gasteiger partial charge in [-0.25, -0.2) is 0 Å². The molecule has 0 saturated carbocycles.